The molecule has 0 radical (unpaired) electrons. The molecular weight excluding hydrogens is 266 g/mol. The fourth-order valence-corrected chi connectivity index (χ4v) is 2.14. The molecule has 2 rings (SSSR count). The van der Waals surface area contributed by atoms with Crippen molar-refractivity contribution in [2.75, 3.05) is 23.9 Å². The number of nitrogens with zero attached hydrogens (tertiary/aromatic N) is 5. The summed E-state index contributed by atoms with van der Waals surface area (Å²) in [6, 6.07) is 0.142. The van der Waals surface area contributed by atoms with Crippen LogP contribution >= 0.6 is 0 Å². The van der Waals surface area contributed by atoms with Gasteiger partial charge in [-0.15, -0.1) is 0 Å². The van der Waals surface area contributed by atoms with Crippen LogP contribution in [0.15, 0.2) is 12.4 Å². The molecule has 2 N–H and O–H groups in total. The minimum atomic E-state index is 0.142. The van der Waals surface area contributed by atoms with Gasteiger partial charge in [0.2, 0.25) is 0 Å². The van der Waals surface area contributed by atoms with E-state index in [-0.39, 0.29) is 6.04 Å². The zero-order chi connectivity index (χ0) is 15.6. The summed E-state index contributed by atoms with van der Waals surface area (Å²) in [6.45, 7) is 6.03. The molecule has 7 heteroatoms. The quantitative estimate of drug-likeness (QED) is 0.649. The van der Waals surface area contributed by atoms with Crippen LogP contribution in [0.4, 0.5) is 11.6 Å². The van der Waals surface area contributed by atoms with Gasteiger partial charge in [0.25, 0.3) is 0 Å². The average Bonchev–Trinajstić information content (AvgIpc) is 2.94. The Balaban J connectivity index is 2.65. The van der Waals surface area contributed by atoms with Crippen molar-refractivity contribution in [3.63, 3.8) is 0 Å². The van der Waals surface area contributed by atoms with E-state index >= 15 is 0 Å². The highest BCUT2D eigenvalue weighted by atomic mass is 15.2. The molecule has 0 atom stereocenters. The van der Waals surface area contributed by atoms with Gasteiger partial charge in [-0.05, 0) is 20.8 Å². The molecule has 112 valence electrons. The number of hydrogen-bond acceptors (Lipinski definition) is 5. The summed E-state index contributed by atoms with van der Waals surface area (Å²) >= 11 is 0. The van der Waals surface area contributed by atoms with Crippen LogP contribution in [-0.4, -0.2) is 46.6 Å². The molecule has 0 spiro atoms. The lowest BCUT2D eigenvalue weighted by Crippen LogP contribution is -2.31. The molecule has 21 heavy (non-hydrogen) atoms. The molecule has 0 amide bonds. The first-order valence-electron chi connectivity index (χ1n) is 6.79. The highest BCUT2D eigenvalue weighted by Gasteiger charge is 2.19. The molecule has 0 saturated carbocycles. The van der Waals surface area contributed by atoms with E-state index in [2.05, 4.69) is 20.2 Å². The summed E-state index contributed by atoms with van der Waals surface area (Å²) in [6.07, 6.45) is 4.76. The highest BCUT2D eigenvalue weighted by Crippen LogP contribution is 2.29. The maximum absolute atomic E-state index is 7.66. The topological polar surface area (TPSA) is 84.8 Å². The molecule has 0 aromatic carbocycles. The molecule has 0 saturated heterocycles. The molecule has 2 aromatic heterocycles. The Bertz CT molecular complexity index is 617. The minimum absolute atomic E-state index is 0.142. The lowest BCUT2D eigenvalue weighted by atomic mass is 10.2. The predicted molar refractivity (Wildman–Crippen MR) is 85.1 cm³/mol. The van der Waals surface area contributed by atoms with Crippen LogP contribution in [0.1, 0.15) is 19.4 Å². The molecule has 2 aromatic rings. The molecule has 0 bridgehead atoms. The molecule has 0 aliphatic carbocycles. The number of anilines is 2. The van der Waals surface area contributed by atoms with Crippen molar-refractivity contribution in [1.82, 2.24) is 20.2 Å². The number of nitrogens with one attached hydrogen (secondary N) is 2. The first kappa shape index (κ1) is 15.0. The summed E-state index contributed by atoms with van der Waals surface area (Å²) in [5.74, 6) is 2.18. The third-order valence-electron chi connectivity index (χ3n) is 3.21. The second kappa shape index (κ2) is 5.90. The van der Waals surface area contributed by atoms with Gasteiger partial charge in [-0.25, -0.2) is 9.97 Å². The lowest BCUT2D eigenvalue weighted by molar-refractivity contribution is 0.795. The molecule has 0 fully saturated rings. The number of aromatic amines is 1. The maximum atomic E-state index is 7.66. The monoisotopic (exact) mass is 287 g/mol. The Labute approximate surface area is 124 Å². The van der Waals surface area contributed by atoms with Crippen molar-refractivity contribution in [1.29, 1.82) is 5.41 Å². The standard InChI is InChI=1S/C14H21N7/c1-9(2)21(8-15)14-10(3)13(20(4)5)18-12(19-14)11-6-16-17-7-11/h6-9,15H,1-5H3,(H,16,17). The summed E-state index contributed by atoms with van der Waals surface area (Å²) in [4.78, 5) is 13.0. The Morgan fingerprint density at radius 3 is 2.38 bits per heavy atom. The molecule has 0 aliphatic rings. The van der Waals surface area contributed by atoms with E-state index < -0.39 is 0 Å². The van der Waals surface area contributed by atoms with Crippen LogP contribution in [-0.2, 0) is 0 Å². The number of aromatic nitrogens is 4. The van der Waals surface area contributed by atoms with Gasteiger partial charge in [0.15, 0.2) is 5.82 Å². The molecule has 7 nitrogen and oxygen atoms in total. The first-order valence-corrected chi connectivity index (χ1v) is 6.79. The predicted octanol–water partition coefficient (Wildman–Crippen LogP) is 2.06. The van der Waals surface area contributed by atoms with E-state index in [1.165, 1.54) is 6.34 Å². The van der Waals surface area contributed by atoms with Crippen LogP contribution in [0, 0.1) is 12.3 Å². The van der Waals surface area contributed by atoms with Crippen LogP contribution in [0.2, 0.25) is 0 Å². The van der Waals surface area contributed by atoms with Gasteiger partial charge in [0.1, 0.15) is 11.6 Å². The largest absolute Gasteiger partial charge is 0.362 e. The number of H-pyrrole nitrogens is 1. The Morgan fingerprint density at radius 1 is 1.24 bits per heavy atom. The van der Waals surface area contributed by atoms with Crippen molar-refractivity contribution in [2.45, 2.75) is 26.8 Å². The van der Waals surface area contributed by atoms with Gasteiger partial charge in [0.05, 0.1) is 18.1 Å². The zero-order valence-electron chi connectivity index (χ0n) is 13.0. The van der Waals surface area contributed by atoms with Gasteiger partial charge in [-0.3, -0.25) is 10.5 Å². The van der Waals surface area contributed by atoms with Crippen molar-refractivity contribution in [3.05, 3.63) is 18.0 Å². The zero-order valence-corrected chi connectivity index (χ0v) is 13.0. The van der Waals surface area contributed by atoms with E-state index in [9.17, 15) is 0 Å². The first-order chi connectivity index (χ1) is 9.95. The Kier molecular flexibility index (Phi) is 4.21. The molecule has 0 unspecified atom stereocenters. The SMILES string of the molecule is Cc1c(N(C)C)nc(-c2cn[nH]c2)nc1N(C=N)C(C)C. The minimum Gasteiger partial charge on any atom is -0.362 e. The van der Waals surface area contributed by atoms with Crippen LogP contribution < -0.4 is 9.80 Å². The normalized spacial score (nSPS) is 10.8. The van der Waals surface area contributed by atoms with Crippen LogP contribution in [0.25, 0.3) is 11.4 Å². The van der Waals surface area contributed by atoms with Gasteiger partial charge in [-0.1, -0.05) is 0 Å². The van der Waals surface area contributed by atoms with Gasteiger partial charge in [0, 0.05) is 31.9 Å². The fraction of sp³-hybridized carbons (Fsp3) is 0.429. The third-order valence-corrected chi connectivity index (χ3v) is 3.21. The molecule has 0 aliphatic heterocycles. The second-order valence-electron chi connectivity index (χ2n) is 5.33. The van der Waals surface area contributed by atoms with E-state index in [0.717, 1.165) is 22.8 Å². The summed E-state index contributed by atoms with van der Waals surface area (Å²) in [5.41, 5.74) is 1.78. The summed E-state index contributed by atoms with van der Waals surface area (Å²) in [5, 5.41) is 14.4. The highest BCUT2D eigenvalue weighted by molar-refractivity contribution is 5.80. The average molecular weight is 287 g/mol. The smallest absolute Gasteiger partial charge is 0.167 e. The fourth-order valence-electron chi connectivity index (χ4n) is 2.14. The Hall–Kier alpha value is -2.44. The lowest BCUT2D eigenvalue weighted by Gasteiger charge is -2.26. The van der Waals surface area contributed by atoms with Crippen molar-refractivity contribution in [3.8, 4) is 11.4 Å². The summed E-state index contributed by atoms with van der Waals surface area (Å²) < 4.78 is 0. The van der Waals surface area contributed by atoms with Gasteiger partial charge >= 0.3 is 0 Å². The van der Waals surface area contributed by atoms with Gasteiger partial charge < -0.3 is 9.80 Å². The maximum Gasteiger partial charge on any atom is 0.167 e. The Morgan fingerprint density at radius 2 is 1.90 bits per heavy atom. The second-order valence-corrected chi connectivity index (χ2v) is 5.33. The third kappa shape index (κ3) is 2.86. The van der Waals surface area contributed by atoms with Crippen LogP contribution in [0.5, 0.6) is 0 Å². The van der Waals surface area contributed by atoms with Crippen molar-refractivity contribution >= 4 is 18.0 Å². The van der Waals surface area contributed by atoms with E-state index in [1.54, 1.807) is 12.4 Å². The van der Waals surface area contributed by atoms with E-state index in [0.29, 0.717) is 5.82 Å². The molecular formula is C14H21N7. The van der Waals surface area contributed by atoms with Crippen molar-refractivity contribution in [2.24, 2.45) is 0 Å². The molecule has 2 heterocycles. The summed E-state index contributed by atoms with van der Waals surface area (Å²) in [7, 11) is 3.89. The van der Waals surface area contributed by atoms with E-state index in [1.807, 2.05) is 44.7 Å². The van der Waals surface area contributed by atoms with Gasteiger partial charge in [-0.2, -0.15) is 5.10 Å². The van der Waals surface area contributed by atoms with Crippen LogP contribution in [0.3, 0.4) is 0 Å². The van der Waals surface area contributed by atoms with E-state index in [4.69, 9.17) is 5.41 Å². The number of hydrogen-bond donors (Lipinski definition) is 2. The van der Waals surface area contributed by atoms with Crippen molar-refractivity contribution < 1.29 is 0 Å². The number of rotatable bonds is 5.